The van der Waals surface area contributed by atoms with Crippen LogP contribution in [0, 0.1) is 11.7 Å². The van der Waals surface area contributed by atoms with Crippen molar-refractivity contribution in [3.8, 4) is 0 Å². The lowest BCUT2D eigenvalue weighted by atomic mass is 9.72. The molecule has 0 radical (unpaired) electrons. The van der Waals surface area contributed by atoms with Crippen LogP contribution in [0.5, 0.6) is 0 Å². The van der Waals surface area contributed by atoms with E-state index in [0.717, 1.165) is 42.1 Å². The average molecular weight is 437 g/mol. The fraction of sp³-hybridized carbons (Fsp3) is 0.423. The number of halogens is 1. The zero-order valence-corrected chi connectivity index (χ0v) is 19.0. The van der Waals surface area contributed by atoms with Crippen molar-refractivity contribution in [2.24, 2.45) is 5.92 Å². The number of hydrogen-bond acceptors (Lipinski definition) is 2. The van der Waals surface area contributed by atoms with E-state index in [9.17, 15) is 9.18 Å². The number of nitrogens with one attached hydrogen (secondary N) is 3. The van der Waals surface area contributed by atoms with Crippen molar-refractivity contribution < 1.29 is 9.18 Å². The van der Waals surface area contributed by atoms with E-state index in [1.807, 2.05) is 6.20 Å². The molecule has 1 aliphatic rings. The molecule has 0 saturated heterocycles. The van der Waals surface area contributed by atoms with Gasteiger partial charge in [-0.05, 0) is 81.4 Å². The van der Waals surface area contributed by atoms with Crippen LogP contribution in [0.4, 0.5) is 9.18 Å². The maximum atomic E-state index is 13.5. The SMILES string of the molecule is CN(C)C1(c2ccccc2)CCC(CNC(=O)NCCc2c[nH]c3ccc(F)cc23)CC1. The summed E-state index contributed by atoms with van der Waals surface area (Å²) in [6.07, 6.45) is 6.91. The molecule has 1 fully saturated rings. The van der Waals surface area contributed by atoms with Crippen molar-refractivity contribution in [2.75, 3.05) is 27.2 Å². The van der Waals surface area contributed by atoms with Crippen LogP contribution in [0.3, 0.4) is 0 Å². The molecule has 6 heteroatoms. The number of urea groups is 1. The molecule has 0 atom stereocenters. The summed E-state index contributed by atoms with van der Waals surface area (Å²) in [5, 5.41) is 6.85. The predicted octanol–water partition coefficient (Wildman–Crippen LogP) is 4.80. The third-order valence-corrected chi connectivity index (χ3v) is 7.06. The minimum atomic E-state index is -0.248. The lowest BCUT2D eigenvalue weighted by Crippen LogP contribution is -2.46. The number of aromatic nitrogens is 1. The van der Waals surface area contributed by atoms with Crippen LogP contribution in [-0.2, 0) is 12.0 Å². The first-order chi connectivity index (χ1) is 15.5. The molecule has 0 unspecified atom stereocenters. The summed E-state index contributed by atoms with van der Waals surface area (Å²) >= 11 is 0. The van der Waals surface area contributed by atoms with Gasteiger partial charge < -0.3 is 15.6 Å². The fourth-order valence-corrected chi connectivity index (χ4v) is 5.07. The van der Waals surface area contributed by atoms with Crippen LogP contribution in [0.15, 0.2) is 54.7 Å². The molecule has 1 aliphatic carbocycles. The Hall–Kier alpha value is -2.86. The maximum Gasteiger partial charge on any atom is 0.314 e. The monoisotopic (exact) mass is 436 g/mol. The van der Waals surface area contributed by atoms with Gasteiger partial charge in [0.1, 0.15) is 5.82 Å². The number of aromatic amines is 1. The molecular formula is C26H33FN4O. The van der Waals surface area contributed by atoms with E-state index in [1.54, 1.807) is 6.07 Å². The molecule has 1 heterocycles. The molecule has 2 aromatic carbocycles. The van der Waals surface area contributed by atoms with E-state index in [4.69, 9.17) is 0 Å². The van der Waals surface area contributed by atoms with Gasteiger partial charge in [0.25, 0.3) is 0 Å². The van der Waals surface area contributed by atoms with Gasteiger partial charge in [0.05, 0.1) is 0 Å². The van der Waals surface area contributed by atoms with Gasteiger partial charge >= 0.3 is 6.03 Å². The lowest BCUT2D eigenvalue weighted by molar-refractivity contribution is 0.0775. The van der Waals surface area contributed by atoms with E-state index < -0.39 is 0 Å². The van der Waals surface area contributed by atoms with Crippen molar-refractivity contribution in [1.82, 2.24) is 20.5 Å². The van der Waals surface area contributed by atoms with Gasteiger partial charge in [-0.2, -0.15) is 0 Å². The van der Waals surface area contributed by atoms with E-state index in [2.05, 4.69) is 64.9 Å². The Labute approximate surface area is 189 Å². The van der Waals surface area contributed by atoms with Gasteiger partial charge in [-0.15, -0.1) is 0 Å². The standard InChI is InChI=1S/C26H33FN4O/c1-31(2)26(21-6-4-3-5-7-21)13-10-19(11-14-26)17-30-25(32)28-15-12-20-18-29-24-9-8-22(27)16-23(20)24/h3-9,16,18-19,29H,10-15,17H2,1-2H3,(H2,28,30,32). The summed E-state index contributed by atoms with van der Waals surface area (Å²) in [6.45, 7) is 1.21. The number of carbonyl (C=O) groups is 1. The molecule has 2 amide bonds. The van der Waals surface area contributed by atoms with Crippen molar-refractivity contribution in [1.29, 1.82) is 0 Å². The highest BCUT2D eigenvalue weighted by atomic mass is 19.1. The zero-order chi connectivity index (χ0) is 22.6. The molecule has 4 rings (SSSR count). The molecule has 0 aliphatic heterocycles. The van der Waals surface area contributed by atoms with Crippen molar-refractivity contribution in [3.63, 3.8) is 0 Å². The molecule has 3 N–H and O–H groups in total. The molecule has 0 spiro atoms. The largest absolute Gasteiger partial charge is 0.361 e. The van der Waals surface area contributed by atoms with Gasteiger partial charge in [0.2, 0.25) is 0 Å². The first-order valence-electron chi connectivity index (χ1n) is 11.5. The van der Waals surface area contributed by atoms with E-state index in [-0.39, 0.29) is 17.4 Å². The summed E-state index contributed by atoms with van der Waals surface area (Å²) in [5.74, 6) is 0.246. The molecule has 3 aromatic rings. The Bertz CT molecular complexity index is 1040. The highest BCUT2D eigenvalue weighted by molar-refractivity contribution is 5.83. The van der Waals surface area contributed by atoms with Gasteiger partial charge in [-0.25, -0.2) is 9.18 Å². The highest BCUT2D eigenvalue weighted by Gasteiger charge is 2.38. The van der Waals surface area contributed by atoms with Gasteiger partial charge in [-0.3, -0.25) is 4.90 Å². The summed E-state index contributed by atoms with van der Waals surface area (Å²) in [7, 11) is 4.34. The first-order valence-corrected chi connectivity index (χ1v) is 11.5. The third kappa shape index (κ3) is 4.80. The molecule has 5 nitrogen and oxygen atoms in total. The Balaban J connectivity index is 1.22. The molecule has 0 bridgehead atoms. The number of nitrogens with zero attached hydrogens (tertiary/aromatic N) is 1. The van der Waals surface area contributed by atoms with Crippen LogP contribution >= 0.6 is 0 Å². The Kier molecular flexibility index (Phi) is 6.80. The second kappa shape index (κ2) is 9.74. The van der Waals surface area contributed by atoms with E-state index >= 15 is 0 Å². The molecule has 1 aromatic heterocycles. The Morgan fingerprint density at radius 3 is 2.59 bits per heavy atom. The summed E-state index contributed by atoms with van der Waals surface area (Å²) in [4.78, 5) is 17.8. The maximum absolute atomic E-state index is 13.5. The van der Waals surface area contributed by atoms with E-state index in [0.29, 0.717) is 25.4 Å². The highest BCUT2D eigenvalue weighted by Crippen LogP contribution is 2.42. The minimum Gasteiger partial charge on any atom is -0.361 e. The van der Waals surface area contributed by atoms with Crippen LogP contribution in [0.2, 0.25) is 0 Å². The van der Waals surface area contributed by atoms with Gasteiger partial charge in [0, 0.05) is 35.7 Å². The number of hydrogen-bond donors (Lipinski definition) is 3. The Morgan fingerprint density at radius 2 is 1.88 bits per heavy atom. The number of amides is 2. The average Bonchev–Trinajstić information content (AvgIpc) is 3.20. The summed E-state index contributed by atoms with van der Waals surface area (Å²) in [6, 6.07) is 15.3. The number of fused-ring (bicyclic) bond motifs is 1. The molecule has 1 saturated carbocycles. The van der Waals surface area contributed by atoms with E-state index in [1.165, 1.54) is 17.7 Å². The quantitative estimate of drug-likeness (QED) is 0.498. The topological polar surface area (TPSA) is 60.2 Å². The fourth-order valence-electron chi connectivity index (χ4n) is 5.07. The second-order valence-electron chi connectivity index (χ2n) is 9.13. The number of benzene rings is 2. The normalized spacial score (nSPS) is 21.1. The van der Waals surface area contributed by atoms with Gasteiger partial charge in [0.15, 0.2) is 0 Å². The van der Waals surface area contributed by atoms with Crippen molar-refractivity contribution >= 4 is 16.9 Å². The zero-order valence-electron chi connectivity index (χ0n) is 19.0. The predicted molar refractivity (Wildman–Crippen MR) is 127 cm³/mol. The minimum absolute atomic E-state index is 0.0822. The third-order valence-electron chi connectivity index (χ3n) is 7.06. The number of rotatable bonds is 7. The smallest absolute Gasteiger partial charge is 0.314 e. The van der Waals surface area contributed by atoms with Crippen molar-refractivity contribution in [2.45, 2.75) is 37.6 Å². The lowest BCUT2D eigenvalue weighted by Gasteiger charge is -2.45. The summed E-state index contributed by atoms with van der Waals surface area (Å²) in [5.41, 5.74) is 3.38. The summed E-state index contributed by atoms with van der Waals surface area (Å²) < 4.78 is 13.5. The van der Waals surface area contributed by atoms with Crippen LogP contribution in [-0.4, -0.2) is 43.1 Å². The number of H-pyrrole nitrogens is 1. The molecule has 170 valence electrons. The van der Waals surface area contributed by atoms with Crippen LogP contribution in [0.25, 0.3) is 10.9 Å². The first kappa shape index (κ1) is 22.3. The van der Waals surface area contributed by atoms with Gasteiger partial charge in [-0.1, -0.05) is 30.3 Å². The Morgan fingerprint density at radius 1 is 1.12 bits per heavy atom. The molecule has 32 heavy (non-hydrogen) atoms. The number of carbonyl (C=O) groups excluding carboxylic acids is 1. The van der Waals surface area contributed by atoms with Crippen LogP contribution in [0.1, 0.15) is 36.8 Å². The van der Waals surface area contributed by atoms with Crippen molar-refractivity contribution in [3.05, 3.63) is 71.7 Å². The second-order valence-corrected chi connectivity index (χ2v) is 9.13. The van der Waals surface area contributed by atoms with Crippen LogP contribution < -0.4 is 10.6 Å². The molecular weight excluding hydrogens is 403 g/mol.